The monoisotopic (exact) mass is 278 g/mol. The molecule has 4 aliphatic rings. The smallest absolute Gasteiger partial charge is 0.221 e. The van der Waals surface area contributed by atoms with Crippen LogP contribution in [0.3, 0.4) is 0 Å². The van der Waals surface area contributed by atoms with Crippen molar-refractivity contribution in [3.8, 4) is 0 Å². The molecule has 0 aromatic rings. The number of nitrogens with one attached hydrogen (secondary N) is 2. The van der Waals surface area contributed by atoms with E-state index in [2.05, 4.69) is 24.5 Å². The highest BCUT2D eigenvalue weighted by molar-refractivity contribution is 5.75. The molecule has 20 heavy (non-hydrogen) atoms. The Hall–Kier alpha value is -0.570. The third-order valence-electron chi connectivity index (χ3n) is 5.85. The van der Waals surface area contributed by atoms with Crippen LogP contribution in [0.25, 0.3) is 0 Å². The van der Waals surface area contributed by atoms with Crippen LogP contribution in [0.5, 0.6) is 0 Å². The van der Waals surface area contributed by atoms with Crippen molar-refractivity contribution in [1.29, 1.82) is 0 Å². The van der Waals surface area contributed by atoms with Gasteiger partial charge in [-0.3, -0.25) is 4.79 Å². The summed E-state index contributed by atoms with van der Waals surface area (Å²) < 4.78 is 0. The normalized spacial score (nSPS) is 45.6. The maximum Gasteiger partial charge on any atom is 0.221 e. The van der Waals surface area contributed by atoms with Crippen LogP contribution in [0.15, 0.2) is 0 Å². The van der Waals surface area contributed by atoms with E-state index >= 15 is 0 Å². The molecule has 0 spiro atoms. The van der Waals surface area contributed by atoms with E-state index in [1.54, 1.807) is 0 Å². The summed E-state index contributed by atoms with van der Waals surface area (Å²) >= 11 is 0. The molecule has 2 atom stereocenters. The second-order valence-corrected chi connectivity index (χ2v) is 8.54. The molecule has 4 aliphatic carbocycles. The molecular weight excluding hydrogens is 248 g/mol. The van der Waals surface area contributed by atoms with Crippen LogP contribution in [-0.2, 0) is 4.79 Å². The van der Waals surface area contributed by atoms with Crippen molar-refractivity contribution in [2.45, 2.75) is 71.3 Å². The molecule has 2 N–H and O–H groups in total. The van der Waals surface area contributed by atoms with Gasteiger partial charge in [0.15, 0.2) is 0 Å². The number of rotatable bonds is 5. The Kier molecular flexibility index (Phi) is 3.39. The molecule has 114 valence electrons. The van der Waals surface area contributed by atoms with Crippen molar-refractivity contribution >= 4 is 5.91 Å². The number of carbonyl (C=O) groups is 1. The molecule has 0 saturated heterocycles. The minimum absolute atomic E-state index is 0.183. The lowest BCUT2D eigenvalue weighted by atomic mass is 9.43. The van der Waals surface area contributed by atoms with Gasteiger partial charge in [-0.1, -0.05) is 13.8 Å². The van der Waals surface area contributed by atoms with Crippen molar-refractivity contribution in [1.82, 2.24) is 10.6 Å². The van der Waals surface area contributed by atoms with Gasteiger partial charge in [0.1, 0.15) is 0 Å². The average molecular weight is 278 g/mol. The van der Waals surface area contributed by atoms with E-state index in [9.17, 15) is 4.79 Å². The summed E-state index contributed by atoms with van der Waals surface area (Å²) in [6.07, 6.45) is 8.88. The summed E-state index contributed by atoms with van der Waals surface area (Å²) in [5, 5.41) is 6.70. The van der Waals surface area contributed by atoms with Crippen molar-refractivity contribution in [3.05, 3.63) is 0 Å². The Balaban J connectivity index is 1.63. The molecule has 4 saturated carbocycles. The molecular formula is C17H30N2O. The van der Waals surface area contributed by atoms with E-state index in [-0.39, 0.29) is 5.91 Å². The maximum absolute atomic E-state index is 11.6. The van der Waals surface area contributed by atoms with Crippen LogP contribution < -0.4 is 10.6 Å². The topological polar surface area (TPSA) is 41.1 Å². The number of hydrogen-bond acceptors (Lipinski definition) is 2. The van der Waals surface area contributed by atoms with Gasteiger partial charge in [0.05, 0.1) is 0 Å². The third kappa shape index (κ3) is 2.61. The summed E-state index contributed by atoms with van der Waals surface area (Å²) in [7, 11) is 0. The first-order valence-electron chi connectivity index (χ1n) is 8.38. The molecule has 0 aromatic heterocycles. The van der Waals surface area contributed by atoms with Crippen LogP contribution in [0.2, 0.25) is 0 Å². The fraction of sp³-hybridized carbons (Fsp3) is 0.941. The molecule has 0 aliphatic heterocycles. The van der Waals surface area contributed by atoms with E-state index in [1.807, 2.05) is 6.92 Å². The van der Waals surface area contributed by atoms with Crippen LogP contribution in [0.1, 0.15) is 65.7 Å². The zero-order valence-electron chi connectivity index (χ0n) is 13.3. The largest absolute Gasteiger partial charge is 0.356 e. The van der Waals surface area contributed by atoms with Crippen LogP contribution in [0, 0.1) is 16.7 Å². The SMILES string of the molecule is CCNC(=O)CCNC12CC3CC(C)(CC(C)(C3)C1)C2. The quantitative estimate of drug-likeness (QED) is 0.812. The van der Waals surface area contributed by atoms with Gasteiger partial charge in [0, 0.05) is 25.0 Å². The third-order valence-corrected chi connectivity index (χ3v) is 5.85. The lowest BCUT2D eigenvalue weighted by Gasteiger charge is -2.65. The molecule has 1 amide bonds. The van der Waals surface area contributed by atoms with E-state index < -0.39 is 0 Å². The fourth-order valence-electron chi connectivity index (χ4n) is 6.37. The van der Waals surface area contributed by atoms with Gasteiger partial charge < -0.3 is 10.6 Å². The predicted molar refractivity (Wildman–Crippen MR) is 81.4 cm³/mol. The van der Waals surface area contributed by atoms with Gasteiger partial charge in [-0.25, -0.2) is 0 Å². The summed E-state index contributed by atoms with van der Waals surface area (Å²) in [6, 6.07) is 0. The lowest BCUT2D eigenvalue weighted by molar-refractivity contribution is -0.123. The Bertz CT molecular complexity index is 388. The highest BCUT2D eigenvalue weighted by atomic mass is 16.1. The van der Waals surface area contributed by atoms with E-state index in [0.717, 1.165) is 19.0 Å². The van der Waals surface area contributed by atoms with Crippen molar-refractivity contribution in [2.24, 2.45) is 16.7 Å². The second-order valence-electron chi connectivity index (χ2n) is 8.54. The van der Waals surface area contributed by atoms with Gasteiger partial charge in [0.25, 0.3) is 0 Å². The van der Waals surface area contributed by atoms with Crippen molar-refractivity contribution < 1.29 is 4.79 Å². The molecule has 4 rings (SSSR count). The standard InChI is InChI=1S/C17H30N2O/c1-4-18-14(20)5-6-19-17-9-13-7-15(2,11-17)10-16(3,8-13)12-17/h13,19H,4-12H2,1-3H3,(H,18,20). The predicted octanol–water partition coefficient (Wildman–Crippen LogP) is 2.85. The van der Waals surface area contributed by atoms with Gasteiger partial charge in [-0.2, -0.15) is 0 Å². The first kappa shape index (κ1) is 14.4. The number of carbonyl (C=O) groups excluding carboxylic acids is 1. The molecule has 0 heterocycles. The fourth-order valence-corrected chi connectivity index (χ4v) is 6.37. The van der Waals surface area contributed by atoms with Gasteiger partial charge in [-0.15, -0.1) is 0 Å². The highest BCUT2D eigenvalue weighted by Crippen LogP contribution is 2.66. The molecule has 4 bridgehead atoms. The Morgan fingerprint density at radius 1 is 1.10 bits per heavy atom. The van der Waals surface area contributed by atoms with Gasteiger partial charge in [-0.05, 0) is 62.2 Å². The minimum atomic E-state index is 0.183. The summed E-state index contributed by atoms with van der Waals surface area (Å²) in [4.78, 5) is 11.6. The van der Waals surface area contributed by atoms with Crippen LogP contribution in [-0.4, -0.2) is 24.5 Å². The Morgan fingerprint density at radius 3 is 2.30 bits per heavy atom. The lowest BCUT2D eigenvalue weighted by Crippen LogP contribution is -2.64. The van der Waals surface area contributed by atoms with Crippen molar-refractivity contribution in [3.63, 3.8) is 0 Å². The molecule has 0 radical (unpaired) electrons. The van der Waals surface area contributed by atoms with Gasteiger partial charge in [0.2, 0.25) is 5.91 Å². The second kappa shape index (κ2) is 4.72. The number of hydrogen-bond donors (Lipinski definition) is 2. The van der Waals surface area contributed by atoms with Crippen LogP contribution in [0.4, 0.5) is 0 Å². The Morgan fingerprint density at radius 2 is 1.75 bits per heavy atom. The van der Waals surface area contributed by atoms with Gasteiger partial charge >= 0.3 is 0 Å². The summed E-state index contributed by atoms with van der Waals surface area (Å²) in [5.74, 6) is 1.10. The first-order valence-corrected chi connectivity index (χ1v) is 8.38. The van der Waals surface area contributed by atoms with E-state index in [0.29, 0.717) is 22.8 Å². The van der Waals surface area contributed by atoms with E-state index in [4.69, 9.17) is 0 Å². The zero-order valence-corrected chi connectivity index (χ0v) is 13.3. The molecule has 3 nitrogen and oxygen atoms in total. The Labute approximate surface area is 123 Å². The highest BCUT2D eigenvalue weighted by Gasteiger charge is 2.59. The molecule has 4 fully saturated rings. The summed E-state index contributed by atoms with van der Waals surface area (Å²) in [6.45, 7) is 8.55. The maximum atomic E-state index is 11.6. The average Bonchev–Trinajstić information content (AvgIpc) is 2.23. The van der Waals surface area contributed by atoms with E-state index in [1.165, 1.54) is 38.5 Å². The molecule has 2 unspecified atom stereocenters. The summed E-state index contributed by atoms with van der Waals surface area (Å²) in [5.41, 5.74) is 1.43. The van der Waals surface area contributed by atoms with Crippen LogP contribution >= 0.6 is 0 Å². The number of amides is 1. The van der Waals surface area contributed by atoms with Crippen molar-refractivity contribution in [2.75, 3.05) is 13.1 Å². The molecule has 3 heteroatoms. The molecule has 0 aromatic carbocycles. The minimum Gasteiger partial charge on any atom is -0.356 e. The first-order chi connectivity index (χ1) is 9.36. The zero-order chi connectivity index (χ0) is 14.4.